The van der Waals surface area contributed by atoms with E-state index in [9.17, 15) is 14.4 Å². The molecule has 0 amide bonds. The molecule has 0 fully saturated rings. The van der Waals surface area contributed by atoms with Crippen molar-refractivity contribution in [2.45, 2.75) is 337 Å². The zero-order valence-corrected chi connectivity index (χ0v) is 45.5. The molecule has 1 unspecified atom stereocenters. The van der Waals surface area contributed by atoms with Gasteiger partial charge in [0, 0.05) is 19.3 Å². The van der Waals surface area contributed by atoms with Gasteiger partial charge in [-0.3, -0.25) is 14.4 Å². The van der Waals surface area contributed by atoms with Crippen LogP contribution in [0.3, 0.4) is 0 Å². The number of esters is 3. The molecule has 0 N–H and O–H groups in total. The molecule has 0 aliphatic carbocycles. The topological polar surface area (TPSA) is 78.9 Å². The Bertz CT molecular complexity index is 1020. The van der Waals surface area contributed by atoms with E-state index in [-0.39, 0.29) is 31.1 Å². The van der Waals surface area contributed by atoms with Gasteiger partial charge >= 0.3 is 17.9 Å². The first kappa shape index (κ1) is 64.4. The van der Waals surface area contributed by atoms with Crippen molar-refractivity contribution in [1.29, 1.82) is 0 Å². The van der Waals surface area contributed by atoms with Crippen LogP contribution in [0.25, 0.3) is 0 Å². The maximum absolute atomic E-state index is 12.9. The highest BCUT2D eigenvalue weighted by atomic mass is 16.6. The first-order chi connectivity index (χ1) is 32.1. The lowest BCUT2D eigenvalue weighted by molar-refractivity contribution is -0.167. The highest BCUT2D eigenvalue weighted by molar-refractivity contribution is 5.71. The molecule has 0 saturated carbocycles. The third kappa shape index (κ3) is 51.8. The Kier molecular flexibility index (Phi) is 50.0. The number of rotatable bonds is 53. The van der Waals surface area contributed by atoms with Crippen LogP contribution in [0.15, 0.2) is 0 Å². The van der Waals surface area contributed by atoms with Crippen LogP contribution in [0.1, 0.15) is 330 Å². The molecule has 6 nitrogen and oxygen atoms in total. The number of unbranched alkanes of at least 4 members (excludes halogenated alkanes) is 35. The average Bonchev–Trinajstić information content (AvgIpc) is 3.29. The van der Waals surface area contributed by atoms with Crippen molar-refractivity contribution in [3.63, 3.8) is 0 Å². The molecule has 0 spiro atoms. The average molecular weight is 934 g/mol. The van der Waals surface area contributed by atoms with Crippen LogP contribution < -0.4 is 0 Å². The molecule has 0 aromatic carbocycles. The van der Waals surface area contributed by atoms with Gasteiger partial charge in [-0.1, -0.05) is 292 Å². The van der Waals surface area contributed by atoms with Crippen LogP contribution in [0.4, 0.5) is 0 Å². The highest BCUT2D eigenvalue weighted by Gasteiger charge is 2.19. The molecule has 0 radical (unpaired) electrons. The minimum atomic E-state index is -0.764. The second kappa shape index (κ2) is 51.3. The Morgan fingerprint density at radius 3 is 0.788 bits per heavy atom. The van der Waals surface area contributed by atoms with Gasteiger partial charge in [-0.15, -0.1) is 0 Å². The second-order valence-corrected chi connectivity index (χ2v) is 21.8. The lowest BCUT2D eigenvalue weighted by atomic mass is 9.99. The van der Waals surface area contributed by atoms with E-state index in [1.54, 1.807) is 0 Å². The minimum Gasteiger partial charge on any atom is -0.462 e. The SMILES string of the molecule is CCC(C)CCCCCCCCCCCCC(=O)OC[C@H](COC(=O)CCCCCCCCCCCCCCCCCC(C)C)OC(=O)CCCCCCCCCCCCCCCC(C)C. The maximum Gasteiger partial charge on any atom is 0.306 e. The third-order valence-electron chi connectivity index (χ3n) is 14.0. The largest absolute Gasteiger partial charge is 0.462 e. The van der Waals surface area contributed by atoms with Crippen molar-refractivity contribution in [3.8, 4) is 0 Å². The van der Waals surface area contributed by atoms with Crippen LogP contribution in [-0.2, 0) is 28.6 Å². The number of carbonyl (C=O) groups excluding carboxylic acids is 3. The Balaban J connectivity index is 4.30. The van der Waals surface area contributed by atoms with Crippen LogP contribution >= 0.6 is 0 Å². The maximum atomic E-state index is 12.9. The fourth-order valence-corrected chi connectivity index (χ4v) is 9.14. The second-order valence-electron chi connectivity index (χ2n) is 21.8. The number of hydrogen-bond donors (Lipinski definition) is 0. The zero-order valence-electron chi connectivity index (χ0n) is 45.5. The van der Waals surface area contributed by atoms with E-state index in [1.807, 2.05) is 0 Å². The Labute approximate surface area is 412 Å². The lowest BCUT2D eigenvalue weighted by Crippen LogP contribution is -2.30. The first-order valence-corrected chi connectivity index (χ1v) is 29.6. The molecule has 2 atom stereocenters. The number of carbonyl (C=O) groups is 3. The summed E-state index contributed by atoms with van der Waals surface area (Å²) in [5.74, 6) is 1.71. The molecule has 392 valence electrons. The first-order valence-electron chi connectivity index (χ1n) is 29.6. The predicted octanol–water partition coefficient (Wildman–Crippen LogP) is 19.5. The molecule has 0 aliphatic heterocycles. The smallest absolute Gasteiger partial charge is 0.306 e. The molecular formula is C60H116O6. The number of ether oxygens (including phenoxy) is 3. The standard InChI is InChI=1S/C60H116O6/c1-7-56(6)48-42-36-30-24-20-21-26-32-38-44-50-59(62)65-53-57(66-60(63)51-45-39-33-27-19-15-11-13-17-23-29-35-41-47-55(4)5)52-64-58(61)49-43-37-31-25-18-14-10-8-9-12-16-22-28-34-40-46-54(2)3/h54-57H,7-53H2,1-6H3/t56?,57-/m0/s1. The van der Waals surface area contributed by atoms with Crippen molar-refractivity contribution in [3.05, 3.63) is 0 Å². The van der Waals surface area contributed by atoms with Gasteiger partial charge in [0.15, 0.2) is 6.10 Å². The highest BCUT2D eigenvalue weighted by Crippen LogP contribution is 2.19. The summed E-state index contributed by atoms with van der Waals surface area (Å²) in [6.07, 6.45) is 53.7. The Hall–Kier alpha value is -1.59. The van der Waals surface area contributed by atoms with Crippen molar-refractivity contribution >= 4 is 17.9 Å². The molecule has 6 heteroatoms. The van der Waals surface area contributed by atoms with E-state index in [1.165, 1.54) is 212 Å². The van der Waals surface area contributed by atoms with Gasteiger partial charge < -0.3 is 14.2 Å². The fraction of sp³-hybridized carbons (Fsp3) is 0.950. The third-order valence-corrected chi connectivity index (χ3v) is 14.0. The van der Waals surface area contributed by atoms with Crippen molar-refractivity contribution in [2.24, 2.45) is 17.8 Å². The molecule has 0 aliphatic rings. The zero-order chi connectivity index (χ0) is 48.4. The molecule has 0 bridgehead atoms. The van der Waals surface area contributed by atoms with E-state index in [2.05, 4.69) is 41.5 Å². The van der Waals surface area contributed by atoms with Crippen LogP contribution in [0, 0.1) is 17.8 Å². The molecule has 0 heterocycles. The fourth-order valence-electron chi connectivity index (χ4n) is 9.14. The van der Waals surface area contributed by atoms with Gasteiger partial charge in [-0.25, -0.2) is 0 Å². The molecule has 0 saturated heterocycles. The van der Waals surface area contributed by atoms with E-state index in [0.717, 1.165) is 75.5 Å². The van der Waals surface area contributed by atoms with Gasteiger partial charge in [0.25, 0.3) is 0 Å². The lowest BCUT2D eigenvalue weighted by Gasteiger charge is -2.18. The van der Waals surface area contributed by atoms with Gasteiger partial charge in [0.05, 0.1) is 0 Å². The summed E-state index contributed by atoms with van der Waals surface area (Å²) >= 11 is 0. The predicted molar refractivity (Wildman–Crippen MR) is 284 cm³/mol. The van der Waals surface area contributed by atoms with Crippen LogP contribution in [-0.4, -0.2) is 37.2 Å². The summed E-state index contributed by atoms with van der Waals surface area (Å²) in [6.45, 7) is 13.8. The Morgan fingerprint density at radius 2 is 0.530 bits per heavy atom. The van der Waals surface area contributed by atoms with Gasteiger partial charge in [-0.05, 0) is 37.0 Å². The molecule has 66 heavy (non-hydrogen) atoms. The monoisotopic (exact) mass is 933 g/mol. The van der Waals surface area contributed by atoms with E-state index in [0.29, 0.717) is 19.3 Å². The summed E-state index contributed by atoms with van der Waals surface area (Å²) in [5.41, 5.74) is 0. The van der Waals surface area contributed by atoms with Crippen molar-refractivity contribution in [2.75, 3.05) is 13.2 Å². The minimum absolute atomic E-state index is 0.0633. The van der Waals surface area contributed by atoms with Gasteiger partial charge in [-0.2, -0.15) is 0 Å². The van der Waals surface area contributed by atoms with Crippen molar-refractivity contribution in [1.82, 2.24) is 0 Å². The summed E-state index contributed by atoms with van der Waals surface area (Å²) < 4.78 is 16.9. The Morgan fingerprint density at radius 1 is 0.303 bits per heavy atom. The van der Waals surface area contributed by atoms with Crippen LogP contribution in [0.5, 0.6) is 0 Å². The van der Waals surface area contributed by atoms with E-state index in [4.69, 9.17) is 14.2 Å². The molecular weight excluding hydrogens is 817 g/mol. The summed E-state index contributed by atoms with van der Waals surface area (Å²) in [6, 6.07) is 0. The molecule has 0 aromatic rings. The van der Waals surface area contributed by atoms with Gasteiger partial charge in [0.1, 0.15) is 13.2 Å². The van der Waals surface area contributed by atoms with Gasteiger partial charge in [0.2, 0.25) is 0 Å². The van der Waals surface area contributed by atoms with Crippen LogP contribution in [0.2, 0.25) is 0 Å². The van der Waals surface area contributed by atoms with Crippen molar-refractivity contribution < 1.29 is 28.6 Å². The molecule has 0 rings (SSSR count). The summed E-state index contributed by atoms with van der Waals surface area (Å²) in [4.78, 5) is 38.2. The van der Waals surface area contributed by atoms with E-state index >= 15 is 0 Å². The molecule has 0 aromatic heterocycles. The normalized spacial score (nSPS) is 12.5. The quantitative estimate of drug-likeness (QED) is 0.0343. The summed E-state index contributed by atoms with van der Waals surface area (Å²) in [7, 11) is 0. The summed E-state index contributed by atoms with van der Waals surface area (Å²) in [5, 5.41) is 0. The van der Waals surface area contributed by atoms with E-state index < -0.39 is 6.10 Å². The number of hydrogen-bond acceptors (Lipinski definition) is 6.